The van der Waals surface area contributed by atoms with E-state index in [0.717, 1.165) is 42.1 Å². The third-order valence-corrected chi connectivity index (χ3v) is 4.04. The van der Waals surface area contributed by atoms with E-state index in [2.05, 4.69) is 39.7 Å². The molecule has 3 aromatic rings. The smallest absolute Gasteiger partial charge is 0.227 e. The monoisotopic (exact) mass is 348 g/mol. The summed E-state index contributed by atoms with van der Waals surface area (Å²) in [6.07, 6.45) is 4.78. The number of ether oxygens (including phenoxy) is 1. The van der Waals surface area contributed by atoms with Crippen molar-refractivity contribution < 1.29 is 4.74 Å². The second-order valence-electron chi connectivity index (χ2n) is 6.02. The maximum Gasteiger partial charge on any atom is 0.227 e. The lowest BCUT2D eigenvalue weighted by molar-refractivity contribution is 0.415. The molecule has 0 unspecified atom stereocenters. The maximum absolute atomic E-state index is 5.18. The van der Waals surface area contributed by atoms with Crippen LogP contribution in [0.25, 0.3) is 11.1 Å². The molecule has 0 amide bonds. The molecule has 0 atom stereocenters. The van der Waals surface area contributed by atoms with Crippen molar-refractivity contribution in [2.45, 2.75) is 19.9 Å². The van der Waals surface area contributed by atoms with Gasteiger partial charge in [0.1, 0.15) is 5.75 Å². The normalized spacial score (nSPS) is 10.5. The van der Waals surface area contributed by atoms with Gasteiger partial charge in [-0.25, -0.2) is 9.97 Å². The minimum Gasteiger partial charge on any atom is -0.497 e. The van der Waals surface area contributed by atoms with Gasteiger partial charge in [0.05, 0.1) is 7.11 Å². The molecule has 5 heteroatoms. The number of nitrogens with one attached hydrogen (secondary N) is 2. The van der Waals surface area contributed by atoms with Gasteiger partial charge in [0.2, 0.25) is 5.95 Å². The van der Waals surface area contributed by atoms with Gasteiger partial charge in [-0.15, -0.1) is 0 Å². The summed E-state index contributed by atoms with van der Waals surface area (Å²) in [6, 6.07) is 16.2. The van der Waals surface area contributed by atoms with Gasteiger partial charge in [0.25, 0.3) is 0 Å². The number of hydrogen-bond donors (Lipinski definition) is 2. The van der Waals surface area contributed by atoms with Crippen molar-refractivity contribution in [3.05, 3.63) is 66.5 Å². The summed E-state index contributed by atoms with van der Waals surface area (Å²) in [5.41, 5.74) is 4.26. The lowest BCUT2D eigenvalue weighted by Crippen LogP contribution is -2.13. The summed E-state index contributed by atoms with van der Waals surface area (Å²) < 4.78 is 5.18. The lowest BCUT2D eigenvalue weighted by atomic mass is 10.1. The van der Waals surface area contributed by atoms with Crippen molar-refractivity contribution >= 4 is 11.6 Å². The molecule has 0 fully saturated rings. The van der Waals surface area contributed by atoms with Gasteiger partial charge < -0.3 is 15.4 Å². The van der Waals surface area contributed by atoms with Crippen LogP contribution in [0.1, 0.15) is 18.9 Å². The summed E-state index contributed by atoms with van der Waals surface area (Å²) in [4.78, 5) is 8.82. The molecular formula is C21H24N4O. The van der Waals surface area contributed by atoms with E-state index in [-0.39, 0.29) is 0 Å². The molecule has 0 radical (unpaired) electrons. The Hall–Kier alpha value is -2.92. The number of benzene rings is 2. The van der Waals surface area contributed by atoms with E-state index < -0.39 is 0 Å². The molecule has 5 nitrogen and oxygen atoms in total. The minimum absolute atomic E-state index is 0.583. The molecular weight excluding hydrogens is 324 g/mol. The highest BCUT2D eigenvalue weighted by atomic mass is 16.5. The predicted molar refractivity (Wildman–Crippen MR) is 106 cm³/mol. The highest BCUT2D eigenvalue weighted by Crippen LogP contribution is 2.22. The van der Waals surface area contributed by atoms with Gasteiger partial charge >= 0.3 is 0 Å². The SMILES string of the molecule is CCCNCc1ccc(Nc2ncc(-c3ccc(OC)cc3)cn2)cc1. The van der Waals surface area contributed by atoms with Crippen molar-refractivity contribution in [3.63, 3.8) is 0 Å². The first-order valence-corrected chi connectivity index (χ1v) is 8.81. The predicted octanol–water partition coefficient (Wildman–Crippen LogP) is 4.40. The van der Waals surface area contributed by atoms with E-state index >= 15 is 0 Å². The third-order valence-electron chi connectivity index (χ3n) is 4.04. The molecule has 0 aliphatic rings. The standard InChI is InChI=1S/C21H24N4O/c1-3-12-22-13-16-4-8-19(9-5-16)25-21-23-14-18(15-24-21)17-6-10-20(26-2)11-7-17/h4-11,14-15,22H,3,12-13H2,1-2H3,(H,23,24,25). The fraction of sp³-hybridized carbons (Fsp3) is 0.238. The molecule has 1 heterocycles. The zero-order chi connectivity index (χ0) is 18.2. The van der Waals surface area contributed by atoms with Crippen molar-refractivity contribution in [2.24, 2.45) is 0 Å². The molecule has 0 aliphatic carbocycles. The molecule has 26 heavy (non-hydrogen) atoms. The second-order valence-corrected chi connectivity index (χ2v) is 6.02. The Kier molecular flexibility index (Phi) is 6.17. The fourth-order valence-corrected chi connectivity index (χ4v) is 2.57. The van der Waals surface area contributed by atoms with Crippen LogP contribution < -0.4 is 15.4 Å². The summed E-state index contributed by atoms with van der Waals surface area (Å²) in [5, 5.41) is 6.63. The van der Waals surface area contributed by atoms with E-state index in [1.165, 1.54) is 5.56 Å². The first-order chi connectivity index (χ1) is 12.8. The van der Waals surface area contributed by atoms with Gasteiger partial charge in [-0.2, -0.15) is 0 Å². The number of aromatic nitrogens is 2. The van der Waals surface area contributed by atoms with Crippen molar-refractivity contribution in [3.8, 4) is 16.9 Å². The molecule has 2 N–H and O–H groups in total. The molecule has 0 aliphatic heterocycles. The average molecular weight is 348 g/mol. The fourth-order valence-electron chi connectivity index (χ4n) is 2.57. The van der Waals surface area contributed by atoms with Crippen LogP contribution in [0.3, 0.4) is 0 Å². The van der Waals surface area contributed by atoms with Crippen LogP contribution in [0.15, 0.2) is 60.9 Å². The maximum atomic E-state index is 5.18. The van der Waals surface area contributed by atoms with Crippen LogP contribution in [-0.4, -0.2) is 23.6 Å². The second kappa shape index (κ2) is 8.97. The molecule has 0 saturated carbocycles. The third kappa shape index (κ3) is 4.80. The van der Waals surface area contributed by atoms with Crippen LogP contribution in [0, 0.1) is 0 Å². The zero-order valence-corrected chi connectivity index (χ0v) is 15.2. The Bertz CT molecular complexity index is 799. The Morgan fingerprint density at radius 3 is 2.19 bits per heavy atom. The Balaban J connectivity index is 1.61. The molecule has 3 rings (SSSR count). The number of hydrogen-bond acceptors (Lipinski definition) is 5. The molecule has 0 saturated heterocycles. The van der Waals surface area contributed by atoms with Crippen molar-refractivity contribution in [1.82, 2.24) is 15.3 Å². The van der Waals surface area contributed by atoms with Crippen LogP contribution in [0.4, 0.5) is 11.6 Å². The Morgan fingerprint density at radius 1 is 0.885 bits per heavy atom. The number of rotatable bonds is 8. The molecule has 2 aromatic carbocycles. The van der Waals surface area contributed by atoms with E-state index in [1.54, 1.807) is 7.11 Å². The van der Waals surface area contributed by atoms with Gasteiger partial charge in [-0.05, 0) is 48.4 Å². The highest BCUT2D eigenvalue weighted by Gasteiger charge is 2.02. The van der Waals surface area contributed by atoms with Gasteiger partial charge in [-0.3, -0.25) is 0 Å². The lowest BCUT2D eigenvalue weighted by Gasteiger charge is -2.08. The average Bonchev–Trinajstić information content (AvgIpc) is 2.70. The van der Waals surface area contributed by atoms with Crippen LogP contribution in [-0.2, 0) is 6.54 Å². The largest absolute Gasteiger partial charge is 0.497 e. The van der Waals surface area contributed by atoms with Crippen molar-refractivity contribution in [2.75, 3.05) is 19.0 Å². The van der Waals surface area contributed by atoms with Crippen LogP contribution >= 0.6 is 0 Å². The summed E-state index contributed by atoms with van der Waals surface area (Å²) in [6.45, 7) is 4.09. The van der Waals surface area contributed by atoms with Gasteiger partial charge in [-0.1, -0.05) is 31.2 Å². The highest BCUT2D eigenvalue weighted by molar-refractivity contribution is 5.63. The molecule has 134 valence electrons. The summed E-state index contributed by atoms with van der Waals surface area (Å²) in [7, 11) is 1.66. The van der Waals surface area contributed by atoms with E-state index in [4.69, 9.17) is 4.74 Å². The van der Waals surface area contributed by atoms with Gasteiger partial charge in [0, 0.05) is 30.2 Å². The zero-order valence-electron chi connectivity index (χ0n) is 15.2. The van der Waals surface area contributed by atoms with Crippen molar-refractivity contribution in [1.29, 1.82) is 0 Å². The molecule has 1 aromatic heterocycles. The molecule has 0 bridgehead atoms. The number of nitrogens with zero attached hydrogens (tertiary/aromatic N) is 2. The quantitative estimate of drug-likeness (QED) is 0.591. The van der Waals surface area contributed by atoms with Crippen LogP contribution in [0.2, 0.25) is 0 Å². The topological polar surface area (TPSA) is 59.1 Å². The van der Waals surface area contributed by atoms with E-state index in [0.29, 0.717) is 5.95 Å². The molecule has 0 spiro atoms. The Morgan fingerprint density at radius 2 is 1.58 bits per heavy atom. The Labute approximate surface area is 154 Å². The minimum atomic E-state index is 0.583. The number of anilines is 2. The first-order valence-electron chi connectivity index (χ1n) is 8.81. The first kappa shape index (κ1) is 17.9. The summed E-state index contributed by atoms with van der Waals surface area (Å²) >= 11 is 0. The van der Waals surface area contributed by atoms with E-state index in [9.17, 15) is 0 Å². The number of methoxy groups -OCH3 is 1. The van der Waals surface area contributed by atoms with Gasteiger partial charge in [0.15, 0.2) is 0 Å². The van der Waals surface area contributed by atoms with Crippen LogP contribution in [0.5, 0.6) is 5.75 Å². The summed E-state index contributed by atoms with van der Waals surface area (Å²) in [5.74, 6) is 1.42. The van der Waals surface area contributed by atoms with E-state index in [1.807, 2.05) is 48.8 Å².